The second kappa shape index (κ2) is 10.1. The van der Waals surface area contributed by atoms with Crippen molar-refractivity contribution in [2.24, 2.45) is 0 Å². The first-order chi connectivity index (χ1) is 17.1. The fraction of sp³-hybridized carbons (Fsp3) is 0.208. The molecule has 0 radical (unpaired) electrons. The van der Waals surface area contributed by atoms with E-state index in [1.165, 1.54) is 18.3 Å². The van der Waals surface area contributed by atoms with Crippen molar-refractivity contribution >= 4 is 45.1 Å². The number of hydrogen-bond acceptors (Lipinski definition) is 5. The van der Waals surface area contributed by atoms with E-state index in [9.17, 15) is 22.4 Å². The summed E-state index contributed by atoms with van der Waals surface area (Å²) in [6.45, 7) is 0.462. The van der Waals surface area contributed by atoms with Crippen LogP contribution in [0.5, 0.6) is 0 Å². The number of nitrogens with one attached hydrogen (secondary N) is 4. The molecule has 0 saturated carbocycles. The quantitative estimate of drug-likeness (QED) is 0.384. The largest absolute Gasteiger partial charge is 0.354 e. The zero-order valence-corrected chi connectivity index (χ0v) is 20.7. The zero-order valence-electron chi connectivity index (χ0n) is 19.1. The summed E-state index contributed by atoms with van der Waals surface area (Å²) in [5, 5.41) is 8.12. The second-order valence-electron chi connectivity index (χ2n) is 8.32. The van der Waals surface area contributed by atoms with Crippen molar-refractivity contribution in [2.75, 3.05) is 22.8 Å². The number of nitrogens with zero attached hydrogens (tertiary/aromatic N) is 1. The molecule has 2 heterocycles. The van der Waals surface area contributed by atoms with Gasteiger partial charge in [0, 0.05) is 23.3 Å². The van der Waals surface area contributed by atoms with Crippen molar-refractivity contribution in [1.82, 2.24) is 15.6 Å². The number of anilines is 2. The summed E-state index contributed by atoms with van der Waals surface area (Å²) >= 11 is 5.77. The Hall–Kier alpha value is -3.70. The molecule has 2 aromatic carbocycles. The lowest BCUT2D eigenvalue weighted by Crippen LogP contribution is -2.60. The lowest BCUT2D eigenvalue weighted by molar-refractivity contribution is -0.129. The topological polar surface area (TPSA) is 129 Å². The van der Waals surface area contributed by atoms with E-state index in [4.69, 9.17) is 11.6 Å². The molecule has 12 heteroatoms. The summed E-state index contributed by atoms with van der Waals surface area (Å²) in [6.07, 6.45) is 3.43. The van der Waals surface area contributed by atoms with Crippen molar-refractivity contribution in [2.45, 2.75) is 18.4 Å². The van der Waals surface area contributed by atoms with Gasteiger partial charge in [-0.2, -0.15) is 0 Å². The van der Waals surface area contributed by atoms with Crippen LogP contribution in [0.15, 0.2) is 60.8 Å². The van der Waals surface area contributed by atoms with Crippen molar-refractivity contribution in [1.29, 1.82) is 0 Å². The summed E-state index contributed by atoms with van der Waals surface area (Å²) in [7, 11) is -3.55. The van der Waals surface area contributed by atoms with E-state index in [2.05, 4.69) is 25.7 Å². The van der Waals surface area contributed by atoms with Crippen molar-refractivity contribution < 1.29 is 22.4 Å². The number of pyridine rings is 1. The average Bonchev–Trinajstić information content (AvgIpc) is 2.82. The number of benzene rings is 2. The van der Waals surface area contributed by atoms with Crippen LogP contribution >= 0.6 is 11.6 Å². The van der Waals surface area contributed by atoms with Gasteiger partial charge in [-0.25, -0.2) is 22.6 Å². The van der Waals surface area contributed by atoms with E-state index < -0.39 is 33.3 Å². The van der Waals surface area contributed by atoms with Crippen LogP contribution in [0.4, 0.5) is 20.7 Å². The molecule has 1 aromatic heterocycles. The first-order valence-corrected chi connectivity index (χ1v) is 13.2. The highest BCUT2D eigenvalue weighted by molar-refractivity contribution is 7.92. The van der Waals surface area contributed by atoms with Crippen LogP contribution in [0.3, 0.4) is 0 Å². The molecular formula is C24H23ClFN5O4S. The van der Waals surface area contributed by atoms with Gasteiger partial charge in [-0.1, -0.05) is 35.9 Å². The SMILES string of the molecule is CS(=O)(=O)Nc1ncccc1-c1ccc([C@]2(NC(=O)Nc3ccc(Cl)cc3F)CCCNC2=O)cc1. The highest BCUT2D eigenvalue weighted by atomic mass is 35.5. The Morgan fingerprint density at radius 2 is 1.92 bits per heavy atom. The fourth-order valence-electron chi connectivity index (χ4n) is 4.05. The van der Waals surface area contributed by atoms with Gasteiger partial charge in [-0.15, -0.1) is 0 Å². The number of carbonyl (C=O) groups is 2. The Morgan fingerprint density at radius 3 is 2.58 bits per heavy atom. The monoisotopic (exact) mass is 531 g/mol. The number of urea groups is 1. The van der Waals surface area contributed by atoms with Gasteiger partial charge in [-0.3, -0.25) is 9.52 Å². The molecule has 36 heavy (non-hydrogen) atoms. The summed E-state index contributed by atoms with van der Waals surface area (Å²) in [4.78, 5) is 30.0. The molecule has 1 aliphatic rings. The number of aromatic nitrogens is 1. The summed E-state index contributed by atoms with van der Waals surface area (Å²) in [6, 6.07) is 13.3. The molecule has 0 aliphatic carbocycles. The van der Waals surface area contributed by atoms with Crippen LogP contribution in [0, 0.1) is 5.82 Å². The molecule has 3 aromatic rings. The summed E-state index contributed by atoms with van der Waals surface area (Å²) < 4.78 is 40.0. The highest BCUT2D eigenvalue weighted by Gasteiger charge is 2.43. The minimum Gasteiger partial charge on any atom is -0.354 e. The molecule has 188 valence electrons. The van der Waals surface area contributed by atoms with Crippen LogP contribution in [-0.2, 0) is 20.4 Å². The number of carbonyl (C=O) groups excluding carboxylic acids is 2. The van der Waals surface area contributed by atoms with Crippen LogP contribution in [-0.4, -0.2) is 38.1 Å². The van der Waals surface area contributed by atoms with E-state index in [1.807, 2.05) is 0 Å². The molecule has 0 bridgehead atoms. The van der Waals surface area contributed by atoms with E-state index in [-0.39, 0.29) is 16.5 Å². The van der Waals surface area contributed by atoms with Gasteiger partial charge in [0.25, 0.3) is 0 Å². The van der Waals surface area contributed by atoms with Crippen molar-refractivity contribution in [3.8, 4) is 11.1 Å². The Labute approximate surface area is 212 Å². The minimum absolute atomic E-state index is 0.0823. The number of sulfonamides is 1. The molecule has 1 fully saturated rings. The van der Waals surface area contributed by atoms with Gasteiger partial charge < -0.3 is 16.0 Å². The Bertz CT molecular complexity index is 1420. The highest BCUT2D eigenvalue weighted by Crippen LogP contribution is 2.33. The predicted molar refractivity (Wildman–Crippen MR) is 136 cm³/mol. The third-order valence-electron chi connectivity index (χ3n) is 5.69. The minimum atomic E-state index is -3.55. The average molecular weight is 532 g/mol. The Morgan fingerprint density at radius 1 is 1.17 bits per heavy atom. The van der Waals surface area contributed by atoms with Gasteiger partial charge in [0.15, 0.2) is 0 Å². The summed E-state index contributed by atoms with van der Waals surface area (Å²) in [5.41, 5.74) is 0.224. The number of amides is 3. The molecule has 1 aliphatic heterocycles. The molecule has 0 spiro atoms. The van der Waals surface area contributed by atoms with E-state index in [0.29, 0.717) is 36.1 Å². The van der Waals surface area contributed by atoms with Crippen molar-refractivity contribution in [3.63, 3.8) is 0 Å². The molecule has 4 rings (SSSR count). The number of halogens is 2. The molecule has 3 amide bonds. The molecule has 4 N–H and O–H groups in total. The van der Waals surface area contributed by atoms with Gasteiger partial charge in [0.2, 0.25) is 15.9 Å². The van der Waals surface area contributed by atoms with E-state index in [1.54, 1.807) is 36.4 Å². The maximum atomic E-state index is 14.2. The summed E-state index contributed by atoms with van der Waals surface area (Å²) in [5.74, 6) is -0.937. The smallest absolute Gasteiger partial charge is 0.320 e. The van der Waals surface area contributed by atoms with Gasteiger partial charge >= 0.3 is 6.03 Å². The van der Waals surface area contributed by atoms with Gasteiger partial charge in [-0.05, 0) is 54.3 Å². The van der Waals surface area contributed by atoms with Crippen LogP contribution in [0.2, 0.25) is 5.02 Å². The first kappa shape index (κ1) is 25.4. The van der Waals surface area contributed by atoms with Crippen molar-refractivity contribution in [3.05, 3.63) is 77.2 Å². The Kier molecular flexibility index (Phi) is 7.14. The van der Waals surface area contributed by atoms with Crippen LogP contribution in [0.25, 0.3) is 11.1 Å². The van der Waals surface area contributed by atoms with E-state index >= 15 is 0 Å². The number of piperidine rings is 1. The molecule has 1 saturated heterocycles. The van der Waals surface area contributed by atoms with Crippen LogP contribution < -0.4 is 20.7 Å². The van der Waals surface area contributed by atoms with Crippen LogP contribution in [0.1, 0.15) is 18.4 Å². The molecular weight excluding hydrogens is 509 g/mol. The first-order valence-electron chi connectivity index (χ1n) is 10.9. The number of rotatable bonds is 6. The molecule has 0 unspecified atom stereocenters. The third kappa shape index (κ3) is 5.58. The maximum absolute atomic E-state index is 14.2. The zero-order chi connectivity index (χ0) is 25.9. The lowest BCUT2D eigenvalue weighted by Gasteiger charge is -2.37. The third-order valence-corrected chi connectivity index (χ3v) is 6.49. The normalized spacial score (nSPS) is 17.7. The molecule has 9 nitrogen and oxygen atoms in total. The molecule has 1 atom stereocenters. The second-order valence-corrected chi connectivity index (χ2v) is 10.5. The predicted octanol–water partition coefficient (Wildman–Crippen LogP) is 3.84. The van der Waals surface area contributed by atoms with Gasteiger partial charge in [0.05, 0.1) is 11.9 Å². The number of hydrogen-bond donors (Lipinski definition) is 4. The van der Waals surface area contributed by atoms with E-state index in [0.717, 1.165) is 12.3 Å². The maximum Gasteiger partial charge on any atom is 0.320 e. The standard InChI is InChI=1S/C24H23ClFN5O4S/c1-36(34,35)31-21-18(4-2-12-27-21)15-5-7-16(8-6-15)24(11-3-13-28-22(24)32)30-23(33)29-20-10-9-17(25)14-19(20)26/h2,4-10,12,14H,3,11,13H2,1H3,(H,27,31)(H,28,32)(H2,29,30,33)/t24-/m1/s1. The fourth-order valence-corrected chi connectivity index (χ4v) is 4.73. The lowest BCUT2D eigenvalue weighted by atomic mass is 9.81. The van der Waals surface area contributed by atoms with Gasteiger partial charge in [0.1, 0.15) is 17.2 Å². The Balaban J connectivity index is 1.64.